The minimum Gasteiger partial charge on any atom is -0.476 e. The Balaban J connectivity index is 2.68. The van der Waals surface area contributed by atoms with Crippen LogP contribution in [0.3, 0.4) is 0 Å². The summed E-state index contributed by atoms with van der Waals surface area (Å²) in [5.41, 5.74) is -0.871. The van der Waals surface area contributed by atoms with Gasteiger partial charge in [0.1, 0.15) is 5.69 Å². The van der Waals surface area contributed by atoms with Crippen LogP contribution in [0.2, 0.25) is 0 Å². The first-order valence-electron chi connectivity index (χ1n) is 3.51. The highest BCUT2D eigenvalue weighted by molar-refractivity contribution is 5.86. The highest BCUT2D eigenvalue weighted by Crippen LogP contribution is 2.22. The molecule has 78 valence electrons. The molecule has 0 amide bonds. The van der Waals surface area contributed by atoms with E-state index in [1.807, 2.05) is 0 Å². The van der Waals surface area contributed by atoms with Crippen LogP contribution in [0.15, 0.2) is 4.63 Å². The zero-order valence-electron chi connectivity index (χ0n) is 6.71. The van der Waals surface area contributed by atoms with E-state index in [2.05, 4.69) is 14.9 Å². The smallest absolute Gasteiger partial charge is 0.389 e. The summed E-state index contributed by atoms with van der Waals surface area (Å²) in [4.78, 5) is 10.4. The number of aromatic carboxylic acids is 1. The molecule has 1 rings (SSSR count). The van der Waals surface area contributed by atoms with Crippen LogP contribution < -0.4 is 0 Å². The number of rotatable bonds is 3. The van der Waals surface area contributed by atoms with Crippen molar-refractivity contribution in [3.63, 3.8) is 0 Å². The van der Waals surface area contributed by atoms with Crippen LogP contribution in [0.25, 0.3) is 0 Å². The van der Waals surface area contributed by atoms with Crippen LogP contribution in [0.1, 0.15) is 22.6 Å². The Bertz CT molecular complexity index is 333. The molecule has 0 aliphatic carbocycles. The SMILES string of the molecule is O=C(O)c1nonc1CCC(F)(F)F. The Morgan fingerprint density at radius 3 is 2.57 bits per heavy atom. The van der Waals surface area contributed by atoms with Crippen molar-refractivity contribution in [3.05, 3.63) is 11.4 Å². The number of alkyl halides is 3. The molecule has 14 heavy (non-hydrogen) atoms. The summed E-state index contributed by atoms with van der Waals surface area (Å²) in [6.45, 7) is 0. The van der Waals surface area contributed by atoms with Crippen molar-refractivity contribution in [2.45, 2.75) is 19.0 Å². The van der Waals surface area contributed by atoms with Gasteiger partial charge in [-0.2, -0.15) is 13.2 Å². The standard InChI is InChI=1S/C6H5F3N2O3/c7-6(8,9)2-1-3-4(5(12)13)11-14-10-3/h1-2H2,(H,12,13). The first-order chi connectivity index (χ1) is 6.40. The van der Waals surface area contributed by atoms with Gasteiger partial charge >= 0.3 is 12.1 Å². The highest BCUT2D eigenvalue weighted by Gasteiger charge is 2.29. The molecule has 0 spiro atoms. The number of carboxylic acids is 1. The summed E-state index contributed by atoms with van der Waals surface area (Å²) in [6, 6.07) is 0. The van der Waals surface area contributed by atoms with Crippen molar-refractivity contribution in [1.29, 1.82) is 0 Å². The first-order valence-corrected chi connectivity index (χ1v) is 3.51. The van der Waals surface area contributed by atoms with Gasteiger partial charge in [-0.05, 0) is 5.16 Å². The van der Waals surface area contributed by atoms with Gasteiger partial charge in [0.25, 0.3) is 0 Å². The molecule has 0 aromatic carbocycles. The second kappa shape index (κ2) is 3.64. The number of aryl methyl sites for hydroxylation is 1. The lowest BCUT2D eigenvalue weighted by molar-refractivity contribution is -0.134. The number of nitrogens with zero attached hydrogens (tertiary/aromatic N) is 2. The van der Waals surface area contributed by atoms with Crippen molar-refractivity contribution < 1.29 is 27.7 Å². The van der Waals surface area contributed by atoms with Crippen molar-refractivity contribution in [1.82, 2.24) is 10.3 Å². The van der Waals surface area contributed by atoms with Crippen LogP contribution in [-0.4, -0.2) is 27.6 Å². The number of halogens is 3. The summed E-state index contributed by atoms with van der Waals surface area (Å²) < 4.78 is 39.3. The number of hydrogen-bond donors (Lipinski definition) is 1. The van der Waals surface area contributed by atoms with Gasteiger partial charge in [-0.1, -0.05) is 5.16 Å². The van der Waals surface area contributed by atoms with E-state index in [0.29, 0.717) is 0 Å². The Hall–Kier alpha value is -1.60. The summed E-state index contributed by atoms with van der Waals surface area (Å²) in [7, 11) is 0. The fourth-order valence-corrected chi connectivity index (χ4v) is 0.793. The first kappa shape index (κ1) is 10.5. The summed E-state index contributed by atoms with van der Waals surface area (Å²) in [6.07, 6.45) is -6.05. The van der Waals surface area contributed by atoms with Crippen LogP contribution in [0, 0.1) is 0 Å². The fraction of sp³-hybridized carbons (Fsp3) is 0.500. The Labute approximate surface area is 75.5 Å². The van der Waals surface area contributed by atoms with Crippen LogP contribution in [-0.2, 0) is 6.42 Å². The zero-order chi connectivity index (χ0) is 10.8. The lowest BCUT2D eigenvalue weighted by atomic mass is 10.2. The van der Waals surface area contributed by atoms with Crippen molar-refractivity contribution in [3.8, 4) is 0 Å². The summed E-state index contributed by atoms with van der Waals surface area (Å²) >= 11 is 0. The van der Waals surface area contributed by atoms with Gasteiger partial charge in [-0.15, -0.1) is 0 Å². The molecule has 0 atom stereocenters. The van der Waals surface area contributed by atoms with E-state index in [-0.39, 0.29) is 5.69 Å². The molecular formula is C6H5F3N2O3. The second-order valence-electron chi connectivity index (χ2n) is 2.48. The monoisotopic (exact) mass is 210 g/mol. The van der Waals surface area contributed by atoms with Gasteiger partial charge in [0.2, 0.25) is 5.69 Å². The van der Waals surface area contributed by atoms with Crippen LogP contribution >= 0.6 is 0 Å². The molecule has 0 fully saturated rings. The number of carbonyl (C=O) groups is 1. The molecule has 0 unspecified atom stereocenters. The number of hydrogen-bond acceptors (Lipinski definition) is 4. The van der Waals surface area contributed by atoms with E-state index in [4.69, 9.17) is 5.11 Å². The minimum absolute atomic E-state index is 0.296. The third kappa shape index (κ3) is 2.71. The van der Waals surface area contributed by atoms with Gasteiger partial charge in [-0.3, -0.25) is 0 Å². The normalized spacial score (nSPS) is 11.6. The van der Waals surface area contributed by atoms with Crippen molar-refractivity contribution in [2.75, 3.05) is 0 Å². The van der Waals surface area contributed by atoms with E-state index >= 15 is 0 Å². The molecule has 0 radical (unpaired) electrons. The van der Waals surface area contributed by atoms with Crippen LogP contribution in [0.5, 0.6) is 0 Å². The molecule has 0 saturated heterocycles. The molecule has 1 aromatic heterocycles. The van der Waals surface area contributed by atoms with E-state index < -0.39 is 30.7 Å². The predicted octanol–water partition coefficient (Wildman–Crippen LogP) is 1.26. The molecular weight excluding hydrogens is 205 g/mol. The molecule has 0 bridgehead atoms. The van der Waals surface area contributed by atoms with E-state index in [1.165, 1.54) is 0 Å². The average molecular weight is 210 g/mol. The largest absolute Gasteiger partial charge is 0.476 e. The van der Waals surface area contributed by atoms with E-state index in [1.54, 1.807) is 0 Å². The molecule has 0 aliphatic rings. The highest BCUT2D eigenvalue weighted by atomic mass is 19.4. The van der Waals surface area contributed by atoms with Gasteiger partial charge in [0, 0.05) is 12.8 Å². The fourth-order valence-electron chi connectivity index (χ4n) is 0.793. The molecule has 1 N–H and O–H groups in total. The predicted molar refractivity (Wildman–Crippen MR) is 35.6 cm³/mol. The summed E-state index contributed by atoms with van der Waals surface area (Å²) in [5, 5.41) is 14.5. The molecule has 1 heterocycles. The average Bonchev–Trinajstić information content (AvgIpc) is 2.46. The van der Waals surface area contributed by atoms with Gasteiger partial charge in [0.05, 0.1) is 0 Å². The Morgan fingerprint density at radius 2 is 2.07 bits per heavy atom. The molecule has 8 heteroatoms. The zero-order valence-corrected chi connectivity index (χ0v) is 6.71. The minimum atomic E-state index is -4.35. The van der Waals surface area contributed by atoms with Gasteiger partial charge in [0.15, 0.2) is 0 Å². The molecule has 5 nitrogen and oxygen atoms in total. The van der Waals surface area contributed by atoms with Gasteiger partial charge < -0.3 is 5.11 Å². The molecule has 0 saturated carbocycles. The number of aromatic nitrogens is 2. The maximum Gasteiger partial charge on any atom is 0.389 e. The quantitative estimate of drug-likeness (QED) is 0.812. The van der Waals surface area contributed by atoms with E-state index in [9.17, 15) is 18.0 Å². The third-order valence-corrected chi connectivity index (χ3v) is 1.40. The van der Waals surface area contributed by atoms with Gasteiger partial charge in [-0.25, -0.2) is 9.42 Å². The molecule has 0 aliphatic heterocycles. The Kier molecular flexibility index (Phi) is 2.73. The third-order valence-electron chi connectivity index (χ3n) is 1.40. The van der Waals surface area contributed by atoms with Crippen LogP contribution in [0.4, 0.5) is 13.2 Å². The molecule has 1 aromatic rings. The maximum absolute atomic E-state index is 11.8. The Morgan fingerprint density at radius 1 is 1.43 bits per heavy atom. The second-order valence-corrected chi connectivity index (χ2v) is 2.48. The van der Waals surface area contributed by atoms with E-state index in [0.717, 1.165) is 0 Å². The lowest BCUT2D eigenvalue weighted by Crippen LogP contribution is -2.10. The number of carboxylic acid groups (broad SMARTS) is 1. The maximum atomic E-state index is 11.8. The topological polar surface area (TPSA) is 76.2 Å². The lowest BCUT2D eigenvalue weighted by Gasteiger charge is -2.02. The van der Waals surface area contributed by atoms with Crippen molar-refractivity contribution >= 4 is 5.97 Å². The summed E-state index contributed by atoms with van der Waals surface area (Å²) in [5.74, 6) is -1.46. The van der Waals surface area contributed by atoms with Crippen molar-refractivity contribution in [2.24, 2.45) is 0 Å².